The van der Waals surface area contributed by atoms with Crippen LogP contribution in [0.2, 0.25) is 5.02 Å². The fourth-order valence-electron chi connectivity index (χ4n) is 3.33. The molecule has 1 N–H and O–H groups in total. The standard InChI is InChI=1S/C26H23BrClN3O2/c1-2-18-10-12-22(13-11-18)33-17-19-6-5-8-20(14-19)26(32)29-25-23(27)16-31(30-25)15-21-7-3-4-9-24(21)28/h3-14,16H,2,15,17H2,1H3,(H,29,30,32). The fraction of sp³-hybridized carbons (Fsp3) is 0.154. The van der Waals surface area contributed by atoms with Gasteiger partial charge in [0, 0.05) is 16.8 Å². The number of halogens is 2. The van der Waals surface area contributed by atoms with Crippen LogP contribution in [0.15, 0.2) is 83.5 Å². The van der Waals surface area contributed by atoms with Crippen molar-refractivity contribution in [2.24, 2.45) is 0 Å². The van der Waals surface area contributed by atoms with Crippen molar-refractivity contribution in [1.29, 1.82) is 0 Å². The number of ether oxygens (including phenoxy) is 1. The number of carbonyl (C=O) groups excluding carboxylic acids is 1. The second-order valence-electron chi connectivity index (χ2n) is 7.56. The highest BCUT2D eigenvalue weighted by Crippen LogP contribution is 2.23. The molecule has 0 fully saturated rings. The van der Waals surface area contributed by atoms with Gasteiger partial charge in [0.25, 0.3) is 5.91 Å². The Hall–Kier alpha value is -3.09. The smallest absolute Gasteiger partial charge is 0.256 e. The van der Waals surface area contributed by atoms with E-state index in [0.717, 1.165) is 23.3 Å². The van der Waals surface area contributed by atoms with Crippen molar-refractivity contribution in [3.63, 3.8) is 0 Å². The number of nitrogens with one attached hydrogen (secondary N) is 1. The van der Waals surface area contributed by atoms with Crippen molar-refractivity contribution in [2.75, 3.05) is 5.32 Å². The highest BCUT2D eigenvalue weighted by atomic mass is 79.9. The molecule has 4 rings (SSSR count). The van der Waals surface area contributed by atoms with Gasteiger partial charge in [-0.2, -0.15) is 5.10 Å². The summed E-state index contributed by atoms with van der Waals surface area (Å²) >= 11 is 9.72. The maximum Gasteiger partial charge on any atom is 0.256 e. The van der Waals surface area contributed by atoms with E-state index >= 15 is 0 Å². The molecule has 1 heterocycles. The van der Waals surface area contributed by atoms with E-state index in [9.17, 15) is 4.79 Å². The molecular formula is C26H23BrClN3O2. The van der Waals surface area contributed by atoms with Crippen LogP contribution in [0.25, 0.3) is 0 Å². The van der Waals surface area contributed by atoms with E-state index in [4.69, 9.17) is 16.3 Å². The lowest BCUT2D eigenvalue weighted by Gasteiger charge is -2.09. The van der Waals surface area contributed by atoms with Gasteiger partial charge in [0.2, 0.25) is 0 Å². The van der Waals surface area contributed by atoms with Crippen LogP contribution in [0.1, 0.15) is 34.0 Å². The molecule has 1 aromatic heterocycles. The summed E-state index contributed by atoms with van der Waals surface area (Å²) in [4.78, 5) is 12.8. The lowest BCUT2D eigenvalue weighted by Crippen LogP contribution is -2.13. The van der Waals surface area contributed by atoms with Crippen LogP contribution in [0.3, 0.4) is 0 Å². The van der Waals surface area contributed by atoms with Crippen LogP contribution in [0.5, 0.6) is 5.75 Å². The molecule has 3 aromatic carbocycles. The van der Waals surface area contributed by atoms with Gasteiger partial charge in [0.05, 0.1) is 11.0 Å². The highest BCUT2D eigenvalue weighted by molar-refractivity contribution is 9.10. The number of aromatic nitrogens is 2. The number of hydrogen-bond donors (Lipinski definition) is 1. The Bertz CT molecular complexity index is 1250. The molecule has 7 heteroatoms. The number of carbonyl (C=O) groups is 1. The van der Waals surface area contributed by atoms with Crippen molar-refractivity contribution in [1.82, 2.24) is 9.78 Å². The van der Waals surface area contributed by atoms with E-state index in [1.807, 2.05) is 60.8 Å². The number of hydrogen-bond acceptors (Lipinski definition) is 3. The van der Waals surface area contributed by atoms with Crippen LogP contribution < -0.4 is 10.1 Å². The molecular weight excluding hydrogens is 502 g/mol. The molecule has 0 atom stereocenters. The lowest BCUT2D eigenvalue weighted by atomic mass is 10.1. The van der Waals surface area contributed by atoms with Gasteiger partial charge in [-0.15, -0.1) is 0 Å². The van der Waals surface area contributed by atoms with Gasteiger partial charge in [-0.05, 0) is 69.4 Å². The van der Waals surface area contributed by atoms with E-state index in [-0.39, 0.29) is 5.91 Å². The third-order valence-electron chi connectivity index (χ3n) is 5.17. The molecule has 1 amide bonds. The summed E-state index contributed by atoms with van der Waals surface area (Å²) in [5.41, 5.74) is 3.65. The minimum atomic E-state index is -0.243. The maximum absolute atomic E-state index is 12.8. The van der Waals surface area contributed by atoms with Crippen molar-refractivity contribution in [2.45, 2.75) is 26.5 Å². The average Bonchev–Trinajstić information content (AvgIpc) is 3.18. The monoisotopic (exact) mass is 523 g/mol. The van der Waals surface area contributed by atoms with Gasteiger partial charge in [-0.1, -0.05) is 61.0 Å². The van der Waals surface area contributed by atoms with Crippen LogP contribution in [0, 0.1) is 0 Å². The normalized spacial score (nSPS) is 10.8. The van der Waals surface area contributed by atoms with Crippen molar-refractivity contribution in [3.8, 4) is 5.75 Å². The highest BCUT2D eigenvalue weighted by Gasteiger charge is 2.13. The SMILES string of the molecule is CCc1ccc(OCc2cccc(C(=O)Nc3nn(Cc4ccccc4Cl)cc3Br)c2)cc1. The van der Waals surface area contributed by atoms with Gasteiger partial charge in [-0.3, -0.25) is 9.48 Å². The first-order chi connectivity index (χ1) is 16.0. The fourth-order valence-corrected chi connectivity index (χ4v) is 3.94. The summed E-state index contributed by atoms with van der Waals surface area (Å²) in [6.07, 6.45) is 2.80. The largest absolute Gasteiger partial charge is 0.489 e. The molecule has 0 saturated heterocycles. The van der Waals surface area contributed by atoms with Crippen LogP contribution in [-0.4, -0.2) is 15.7 Å². The molecule has 0 bridgehead atoms. The number of rotatable bonds is 8. The number of anilines is 1. The average molecular weight is 525 g/mol. The first kappa shape index (κ1) is 23.1. The van der Waals surface area contributed by atoms with Gasteiger partial charge < -0.3 is 10.1 Å². The van der Waals surface area contributed by atoms with Gasteiger partial charge in [0.15, 0.2) is 5.82 Å². The molecule has 0 aliphatic carbocycles. The van der Waals surface area contributed by atoms with Crippen molar-refractivity contribution >= 4 is 39.3 Å². The van der Waals surface area contributed by atoms with Crippen LogP contribution in [0.4, 0.5) is 5.82 Å². The first-order valence-electron chi connectivity index (χ1n) is 10.6. The zero-order valence-corrected chi connectivity index (χ0v) is 20.4. The van der Waals surface area contributed by atoms with E-state index in [2.05, 4.69) is 45.4 Å². The summed E-state index contributed by atoms with van der Waals surface area (Å²) in [6.45, 7) is 3.00. The third-order valence-corrected chi connectivity index (χ3v) is 6.11. The van der Waals surface area contributed by atoms with E-state index in [0.29, 0.717) is 34.0 Å². The number of aryl methyl sites for hydroxylation is 1. The predicted octanol–water partition coefficient (Wildman–Crippen LogP) is 6.74. The summed E-state index contributed by atoms with van der Waals surface area (Å²) in [7, 11) is 0. The van der Waals surface area contributed by atoms with E-state index in [1.54, 1.807) is 10.7 Å². The zero-order chi connectivity index (χ0) is 23.2. The summed E-state index contributed by atoms with van der Waals surface area (Å²) in [5, 5.41) is 8.02. The summed E-state index contributed by atoms with van der Waals surface area (Å²) in [6, 6.07) is 23.0. The lowest BCUT2D eigenvalue weighted by molar-refractivity contribution is 0.102. The number of amides is 1. The molecule has 0 aliphatic rings. The molecule has 0 unspecified atom stereocenters. The molecule has 0 radical (unpaired) electrons. The second-order valence-corrected chi connectivity index (χ2v) is 8.82. The number of benzene rings is 3. The van der Waals surface area contributed by atoms with Crippen LogP contribution >= 0.6 is 27.5 Å². The van der Waals surface area contributed by atoms with E-state index in [1.165, 1.54) is 5.56 Å². The Morgan fingerprint density at radius 1 is 1.06 bits per heavy atom. The molecule has 0 spiro atoms. The topological polar surface area (TPSA) is 56.1 Å². The summed E-state index contributed by atoms with van der Waals surface area (Å²) < 4.78 is 8.29. The van der Waals surface area contributed by atoms with Crippen molar-refractivity contribution in [3.05, 3.63) is 111 Å². The minimum Gasteiger partial charge on any atom is -0.489 e. The van der Waals surface area contributed by atoms with Crippen molar-refractivity contribution < 1.29 is 9.53 Å². The number of nitrogens with zero attached hydrogens (tertiary/aromatic N) is 2. The zero-order valence-electron chi connectivity index (χ0n) is 18.1. The molecule has 0 aliphatic heterocycles. The van der Waals surface area contributed by atoms with E-state index < -0.39 is 0 Å². The molecule has 33 heavy (non-hydrogen) atoms. The Morgan fingerprint density at radius 2 is 1.85 bits per heavy atom. The Balaban J connectivity index is 1.40. The van der Waals surface area contributed by atoms with Crippen LogP contribution in [-0.2, 0) is 19.6 Å². The quantitative estimate of drug-likeness (QED) is 0.278. The Kier molecular flexibility index (Phi) is 7.47. The second kappa shape index (κ2) is 10.7. The maximum atomic E-state index is 12.8. The van der Waals surface area contributed by atoms with Gasteiger partial charge in [0.1, 0.15) is 12.4 Å². The predicted molar refractivity (Wildman–Crippen MR) is 135 cm³/mol. The molecule has 168 valence electrons. The van der Waals surface area contributed by atoms with Gasteiger partial charge >= 0.3 is 0 Å². The first-order valence-corrected chi connectivity index (χ1v) is 11.8. The molecule has 5 nitrogen and oxygen atoms in total. The Labute approximate surface area is 206 Å². The third kappa shape index (κ3) is 6.03. The minimum absolute atomic E-state index is 0.243. The Morgan fingerprint density at radius 3 is 2.61 bits per heavy atom. The van der Waals surface area contributed by atoms with Gasteiger partial charge in [-0.25, -0.2) is 0 Å². The molecule has 0 saturated carbocycles. The molecule has 4 aromatic rings. The summed E-state index contributed by atoms with van der Waals surface area (Å²) in [5.74, 6) is 1.01.